The number of hydrogen-bond acceptors (Lipinski definition) is 6. The number of Topliss-reactive ketones (excluding diaryl/α,β-unsaturated/α-hetero) is 1. The highest BCUT2D eigenvalue weighted by molar-refractivity contribution is 5.85. The van der Waals surface area contributed by atoms with Crippen molar-refractivity contribution in [2.24, 2.45) is 0 Å². The van der Waals surface area contributed by atoms with E-state index in [9.17, 15) is 24.8 Å². The third kappa shape index (κ3) is 3.06. The number of ketones is 1. The zero-order chi connectivity index (χ0) is 18.8. The van der Waals surface area contributed by atoms with E-state index in [2.05, 4.69) is 0 Å². The molecule has 0 fully saturated rings. The van der Waals surface area contributed by atoms with Crippen LogP contribution < -0.4 is 5.63 Å². The van der Waals surface area contributed by atoms with E-state index in [-0.39, 0.29) is 40.4 Å². The van der Waals surface area contributed by atoms with Gasteiger partial charge in [-0.05, 0) is 19.1 Å². The molecule has 7 nitrogen and oxygen atoms in total. The second-order valence-electron chi connectivity index (χ2n) is 5.92. The molecule has 0 aliphatic heterocycles. The van der Waals surface area contributed by atoms with Crippen LogP contribution in [0.1, 0.15) is 30.4 Å². The highest BCUT2D eigenvalue weighted by atomic mass is 16.6. The summed E-state index contributed by atoms with van der Waals surface area (Å²) in [6.45, 7) is 1.32. The fourth-order valence-electron chi connectivity index (χ4n) is 3.06. The molecule has 0 unspecified atom stereocenters. The molecule has 0 aliphatic rings. The number of nitro benzene ring substituents is 1. The van der Waals surface area contributed by atoms with Gasteiger partial charge in [-0.25, -0.2) is 4.79 Å². The molecule has 132 valence electrons. The third-order valence-corrected chi connectivity index (χ3v) is 4.17. The monoisotopic (exact) mass is 353 g/mol. The van der Waals surface area contributed by atoms with Crippen molar-refractivity contribution in [2.45, 2.75) is 19.3 Å². The highest BCUT2D eigenvalue weighted by Gasteiger charge is 2.30. The first-order valence-corrected chi connectivity index (χ1v) is 7.87. The number of fused-ring (bicyclic) bond motifs is 1. The third-order valence-electron chi connectivity index (χ3n) is 4.17. The molecule has 3 rings (SSSR count). The molecule has 0 saturated heterocycles. The van der Waals surface area contributed by atoms with E-state index >= 15 is 0 Å². The van der Waals surface area contributed by atoms with Crippen molar-refractivity contribution in [3.05, 3.63) is 80.2 Å². The molecule has 26 heavy (non-hydrogen) atoms. The van der Waals surface area contributed by atoms with Gasteiger partial charge in [0.2, 0.25) is 0 Å². The first-order chi connectivity index (χ1) is 12.4. The Bertz CT molecular complexity index is 1070. The van der Waals surface area contributed by atoms with Crippen LogP contribution >= 0.6 is 0 Å². The molecule has 2 aromatic carbocycles. The van der Waals surface area contributed by atoms with Crippen molar-refractivity contribution in [2.75, 3.05) is 0 Å². The largest absolute Gasteiger partial charge is 0.507 e. The number of hydrogen-bond donors (Lipinski definition) is 1. The lowest BCUT2D eigenvalue weighted by Crippen LogP contribution is -2.17. The fraction of sp³-hybridized carbons (Fsp3) is 0.158. The Hall–Kier alpha value is -3.48. The SMILES string of the molecule is CC(=O)C[C@H](c1ccccc1[N+](=O)[O-])c1c(O)c2ccccc2oc1=O. The molecule has 1 N–H and O–H groups in total. The number of carbonyl (C=O) groups excluding carboxylic acids is 1. The van der Waals surface area contributed by atoms with Gasteiger partial charge in [0.05, 0.1) is 15.9 Å². The molecule has 0 amide bonds. The standard InChI is InChI=1S/C19H15NO6/c1-11(21)10-14(12-6-2-4-8-15(12)20(24)25)17-18(22)13-7-3-5-9-16(13)26-19(17)23/h2-9,14,22H,10H2,1H3/t14-/m1/s1. The Morgan fingerprint density at radius 2 is 1.85 bits per heavy atom. The van der Waals surface area contributed by atoms with Gasteiger partial charge in [-0.2, -0.15) is 0 Å². The second-order valence-corrected chi connectivity index (χ2v) is 5.92. The number of carbonyl (C=O) groups is 1. The molecule has 7 heteroatoms. The van der Waals surface area contributed by atoms with Crippen molar-refractivity contribution in [3.8, 4) is 5.75 Å². The van der Waals surface area contributed by atoms with Gasteiger partial charge >= 0.3 is 5.63 Å². The zero-order valence-corrected chi connectivity index (χ0v) is 13.8. The minimum Gasteiger partial charge on any atom is -0.507 e. The average Bonchev–Trinajstić information content (AvgIpc) is 2.60. The van der Waals surface area contributed by atoms with Crippen molar-refractivity contribution < 1.29 is 19.2 Å². The van der Waals surface area contributed by atoms with Crippen LogP contribution in [0.25, 0.3) is 11.0 Å². The molecule has 0 aliphatic carbocycles. The Morgan fingerprint density at radius 1 is 1.19 bits per heavy atom. The normalized spacial score (nSPS) is 12.0. The number of aromatic hydroxyl groups is 1. The zero-order valence-electron chi connectivity index (χ0n) is 13.8. The summed E-state index contributed by atoms with van der Waals surface area (Å²) in [5, 5.41) is 22.3. The minimum atomic E-state index is -0.991. The lowest BCUT2D eigenvalue weighted by atomic mass is 9.86. The first kappa shape index (κ1) is 17.3. The van der Waals surface area contributed by atoms with Gasteiger partial charge in [0, 0.05) is 24.0 Å². The van der Waals surface area contributed by atoms with E-state index in [1.807, 2.05) is 0 Å². The summed E-state index contributed by atoms with van der Waals surface area (Å²) in [5.41, 5.74) is -0.849. The van der Waals surface area contributed by atoms with Crippen LogP contribution in [-0.2, 0) is 4.79 Å². The quantitative estimate of drug-likeness (QED) is 0.427. The molecule has 0 spiro atoms. The lowest BCUT2D eigenvalue weighted by Gasteiger charge is -2.17. The van der Waals surface area contributed by atoms with Crippen LogP contribution in [0.3, 0.4) is 0 Å². The van der Waals surface area contributed by atoms with Gasteiger partial charge in [-0.3, -0.25) is 14.9 Å². The minimum absolute atomic E-state index is 0.159. The molecule has 0 radical (unpaired) electrons. The van der Waals surface area contributed by atoms with E-state index in [1.54, 1.807) is 24.3 Å². The molecule has 1 aromatic heterocycles. The van der Waals surface area contributed by atoms with Gasteiger partial charge in [-0.15, -0.1) is 0 Å². The molecule has 0 bridgehead atoms. The predicted molar refractivity (Wildman–Crippen MR) is 94.4 cm³/mol. The topological polar surface area (TPSA) is 111 Å². The van der Waals surface area contributed by atoms with Crippen LogP contribution in [-0.4, -0.2) is 15.8 Å². The number of rotatable bonds is 5. The summed E-state index contributed by atoms with van der Waals surface area (Å²) < 4.78 is 5.26. The van der Waals surface area contributed by atoms with Gasteiger partial charge in [-0.1, -0.05) is 30.3 Å². The van der Waals surface area contributed by atoms with E-state index in [4.69, 9.17) is 4.42 Å². The number of nitrogens with zero attached hydrogens (tertiary/aromatic N) is 1. The fourth-order valence-corrected chi connectivity index (χ4v) is 3.06. The molecular formula is C19H15NO6. The maximum atomic E-state index is 12.5. The van der Waals surface area contributed by atoms with Gasteiger partial charge in [0.15, 0.2) is 0 Å². The average molecular weight is 353 g/mol. The lowest BCUT2D eigenvalue weighted by molar-refractivity contribution is -0.385. The van der Waals surface area contributed by atoms with E-state index in [0.717, 1.165) is 0 Å². The van der Waals surface area contributed by atoms with Crippen LogP contribution in [0.2, 0.25) is 0 Å². The predicted octanol–water partition coefficient (Wildman–Crippen LogP) is 3.52. The highest BCUT2D eigenvalue weighted by Crippen LogP contribution is 2.39. The Kier molecular flexibility index (Phi) is 4.53. The smallest absolute Gasteiger partial charge is 0.343 e. The molecule has 3 aromatic rings. The number of nitro groups is 1. The van der Waals surface area contributed by atoms with Gasteiger partial charge in [0.1, 0.15) is 17.1 Å². The van der Waals surface area contributed by atoms with Crippen molar-refractivity contribution in [1.29, 1.82) is 0 Å². The first-order valence-electron chi connectivity index (χ1n) is 7.87. The number of benzene rings is 2. The van der Waals surface area contributed by atoms with Crippen LogP contribution in [0.15, 0.2) is 57.7 Å². The Labute approximate surface area is 147 Å². The maximum Gasteiger partial charge on any atom is 0.343 e. The second kappa shape index (κ2) is 6.79. The van der Waals surface area contributed by atoms with Crippen LogP contribution in [0.5, 0.6) is 5.75 Å². The molecule has 1 atom stereocenters. The van der Waals surface area contributed by atoms with Crippen molar-refractivity contribution in [1.82, 2.24) is 0 Å². The van der Waals surface area contributed by atoms with Crippen molar-refractivity contribution in [3.63, 3.8) is 0 Å². The van der Waals surface area contributed by atoms with E-state index in [0.29, 0.717) is 5.39 Å². The summed E-state index contributed by atoms with van der Waals surface area (Å²) in [6.07, 6.45) is -0.179. The summed E-state index contributed by atoms with van der Waals surface area (Å²) in [6, 6.07) is 12.3. The Morgan fingerprint density at radius 3 is 2.54 bits per heavy atom. The molecule has 0 saturated carbocycles. The van der Waals surface area contributed by atoms with Gasteiger partial charge in [0.25, 0.3) is 5.69 Å². The van der Waals surface area contributed by atoms with Gasteiger partial charge < -0.3 is 9.52 Å². The van der Waals surface area contributed by atoms with Crippen LogP contribution in [0, 0.1) is 10.1 Å². The number of para-hydroxylation sites is 2. The van der Waals surface area contributed by atoms with E-state index < -0.39 is 16.5 Å². The maximum absolute atomic E-state index is 12.5. The molecule has 1 heterocycles. The summed E-state index contributed by atoms with van der Waals surface area (Å²) >= 11 is 0. The summed E-state index contributed by atoms with van der Waals surface area (Å²) in [5.74, 6) is -1.60. The van der Waals surface area contributed by atoms with Crippen LogP contribution in [0.4, 0.5) is 5.69 Å². The molecular weight excluding hydrogens is 338 g/mol. The summed E-state index contributed by atoms with van der Waals surface area (Å²) in [4.78, 5) is 35.1. The van der Waals surface area contributed by atoms with E-state index in [1.165, 1.54) is 31.2 Å². The summed E-state index contributed by atoms with van der Waals surface area (Å²) in [7, 11) is 0. The van der Waals surface area contributed by atoms with Crippen molar-refractivity contribution >= 4 is 22.4 Å². The Balaban J connectivity index is 2.32.